The number of hydrogen-bond acceptors (Lipinski definition) is 3. The Morgan fingerprint density at radius 2 is 1.86 bits per heavy atom. The molecule has 3 heterocycles. The quantitative estimate of drug-likeness (QED) is 0.722. The number of aromatic nitrogens is 1. The predicted molar refractivity (Wildman–Crippen MR) is 113 cm³/mol. The second kappa shape index (κ2) is 8.78. The molecule has 1 aromatic heterocycles. The normalized spacial score (nSPS) is 21.8. The highest BCUT2D eigenvalue weighted by Crippen LogP contribution is 2.31. The van der Waals surface area contributed by atoms with E-state index in [0.29, 0.717) is 29.6 Å². The molecule has 150 valence electrons. The van der Waals surface area contributed by atoms with Crippen LogP contribution >= 0.6 is 11.6 Å². The third kappa shape index (κ3) is 4.35. The van der Waals surface area contributed by atoms with Crippen molar-refractivity contribution in [3.8, 4) is 0 Å². The molecule has 0 bridgehead atoms. The number of likely N-dealkylation sites (tertiary alicyclic amines) is 2. The van der Waals surface area contributed by atoms with Crippen molar-refractivity contribution in [1.82, 2.24) is 14.8 Å². The highest BCUT2D eigenvalue weighted by atomic mass is 35.5. The Hall–Kier alpha value is -2.66. The van der Waals surface area contributed by atoms with Crippen LogP contribution in [0.4, 0.5) is 0 Å². The Bertz CT molecular complexity index is 915. The number of carbonyl (C=O) groups excluding carboxylic acids is 2. The fourth-order valence-electron chi connectivity index (χ4n) is 4.41. The summed E-state index contributed by atoms with van der Waals surface area (Å²) in [7, 11) is 0. The van der Waals surface area contributed by atoms with E-state index in [-0.39, 0.29) is 17.9 Å². The first-order valence-electron chi connectivity index (χ1n) is 10.1. The van der Waals surface area contributed by atoms with E-state index < -0.39 is 0 Å². The van der Waals surface area contributed by atoms with Crippen molar-refractivity contribution in [2.75, 3.05) is 19.6 Å². The zero-order valence-corrected chi connectivity index (χ0v) is 17.0. The second-order valence-electron chi connectivity index (χ2n) is 7.63. The third-order valence-electron chi connectivity index (χ3n) is 5.88. The highest BCUT2D eigenvalue weighted by molar-refractivity contribution is 6.32. The summed E-state index contributed by atoms with van der Waals surface area (Å²) in [5.74, 6) is 0.391. The molecule has 2 aliphatic rings. The molecule has 2 atom stereocenters. The summed E-state index contributed by atoms with van der Waals surface area (Å²) in [6, 6.07) is 11.2. The summed E-state index contributed by atoms with van der Waals surface area (Å²) in [5, 5.41) is 0.635. The molecule has 0 saturated carbocycles. The van der Waals surface area contributed by atoms with E-state index in [4.69, 9.17) is 11.6 Å². The van der Waals surface area contributed by atoms with Crippen molar-refractivity contribution in [3.05, 3.63) is 71.0 Å². The van der Waals surface area contributed by atoms with Crippen LogP contribution in [0, 0.1) is 5.92 Å². The molecule has 4 rings (SSSR count). The lowest BCUT2D eigenvalue weighted by atomic mass is 9.83. The van der Waals surface area contributed by atoms with E-state index in [1.807, 2.05) is 34.1 Å². The van der Waals surface area contributed by atoms with E-state index in [9.17, 15) is 9.59 Å². The van der Waals surface area contributed by atoms with Crippen molar-refractivity contribution in [1.29, 1.82) is 0 Å². The van der Waals surface area contributed by atoms with Crippen LogP contribution in [0.15, 0.2) is 54.9 Å². The van der Waals surface area contributed by atoms with Crippen LogP contribution in [0.5, 0.6) is 0 Å². The summed E-state index contributed by atoms with van der Waals surface area (Å²) < 4.78 is 0. The number of nitrogens with zero attached hydrogens (tertiary/aromatic N) is 3. The molecule has 0 N–H and O–H groups in total. The molecule has 29 heavy (non-hydrogen) atoms. The Labute approximate surface area is 176 Å². The molecule has 2 saturated heterocycles. The lowest BCUT2D eigenvalue weighted by molar-refractivity contribution is -0.132. The minimum atomic E-state index is 0.0218. The molecule has 2 aliphatic heterocycles. The molecular weight excluding hydrogens is 386 g/mol. The fraction of sp³-hybridized carbons (Fsp3) is 0.348. The van der Waals surface area contributed by atoms with Gasteiger partial charge >= 0.3 is 0 Å². The molecule has 0 spiro atoms. The molecule has 0 aliphatic carbocycles. The lowest BCUT2D eigenvalue weighted by Crippen LogP contribution is -2.56. The number of piperidine rings is 2. The van der Waals surface area contributed by atoms with Gasteiger partial charge in [-0.05, 0) is 55.0 Å². The molecule has 6 heteroatoms. The first kappa shape index (κ1) is 19.6. The number of halogens is 1. The summed E-state index contributed by atoms with van der Waals surface area (Å²) in [6.07, 6.45) is 9.52. The van der Waals surface area contributed by atoms with Gasteiger partial charge in [0.2, 0.25) is 5.91 Å². The zero-order valence-electron chi connectivity index (χ0n) is 16.2. The molecule has 1 aromatic carbocycles. The maximum Gasteiger partial charge on any atom is 0.253 e. The maximum absolute atomic E-state index is 12.9. The molecule has 2 fully saturated rings. The first-order valence-corrected chi connectivity index (χ1v) is 10.4. The largest absolute Gasteiger partial charge is 0.338 e. The monoisotopic (exact) mass is 409 g/mol. The molecule has 2 amide bonds. The third-order valence-corrected chi connectivity index (χ3v) is 6.22. The Morgan fingerprint density at radius 1 is 1.07 bits per heavy atom. The van der Waals surface area contributed by atoms with Crippen LogP contribution in [0.2, 0.25) is 5.02 Å². The van der Waals surface area contributed by atoms with Gasteiger partial charge in [-0.3, -0.25) is 14.6 Å². The second-order valence-corrected chi connectivity index (χ2v) is 8.04. The zero-order chi connectivity index (χ0) is 20.2. The molecule has 0 unspecified atom stereocenters. The highest BCUT2D eigenvalue weighted by Gasteiger charge is 2.38. The van der Waals surface area contributed by atoms with Crippen LogP contribution in [0.3, 0.4) is 0 Å². The van der Waals surface area contributed by atoms with Crippen molar-refractivity contribution in [2.24, 2.45) is 5.92 Å². The van der Waals surface area contributed by atoms with Gasteiger partial charge in [-0.1, -0.05) is 29.8 Å². The molecule has 0 radical (unpaired) electrons. The Balaban J connectivity index is 1.43. The summed E-state index contributed by atoms with van der Waals surface area (Å²) >= 11 is 6.18. The molecular formula is C23H24ClN3O2. The Kier molecular flexibility index (Phi) is 5.95. The SMILES string of the molecule is O=C(c1ccncc1)N1CC[C@@H]2[C@H](CCCN2C(=O)/C=C/c2ccccc2Cl)C1. The number of pyridine rings is 1. The molecule has 2 aromatic rings. The average molecular weight is 410 g/mol. The minimum absolute atomic E-state index is 0.0218. The van der Waals surface area contributed by atoms with Crippen LogP contribution < -0.4 is 0 Å². The van der Waals surface area contributed by atoms with Gasteiger partial charge in [0.1, 0.15) is 0 Å². The van der Waals surface area contributed by atoms with E-state index in [2.05, 4.69) is 4.98 Å². The number of rotatable bonds is 3. The summed E-state index contributed by atoms with van der Waals surface area (Å²) in [5.41, 5.74) is 1.51. The van der Waals surface area contributed by atoms with Crippen molar-refractivity contribution in [2.45, 2.75) is 25.3 Å². The summed E-state index contributed by atoms with van der Waals surface area (Å²) in [4.78, 5) is 33.5. The van der Waals surface area contributed by atoms with Gasteiger partial charge in [0.25, 0.3) is 5.91 Å². The standard InChI is InChI=1S/C23H24ClN3O2/c24-20-6-2-1-4-17(20)7-8-22(28)27-14-3-5-19-16-26(15-11-21(19)27)23(29)18-9-12-25-13-10-18/h1-2,4,6-10,12-13,19,21H,3,5,11,14-16H2/b8-7+/t19-,21-/m1/s1. The van der Waals surface area contributed by atoms with Gasteiger partial charge in [0.05, 0.1) is 0 Å². The topological polar surface area (TPSA) is 53.5 Å². The van der Waals surface area contributed by atoms with Crippen LogP contribution in [0.25, 0.3) is 6.08 Å². The average Bonchev–Trinajstić information content (AvgIpc) is 2.77. The van der Waals surface area contributed by atoms with E-state index >= 15 is 0 Å². The van der Waals surface area contributed by atoms with Gasteiger partial charge in [0, 0.05) is 54.7 Å². The van der Waals surface area contributed by atoms with Gasteiger partial charge in [0.15, 0.2) is 0 Å². The van der Waals surface area contributed by atoms with Crippen molar-refractivity contribution in [3.63, 3.8) is 0 Å². The van der Waals surface area contributed by atoms with Crippen molar-refractivity contribution >= 4 is 29.5 Å². The maximum atomic E-state index is 12.9. The first-order chi connectivity index (χ1) is 14.1. The fourth-order valence-corrected chi connectivity index (χ4v) is 4.60. The van der Waals surface area contributed by atoms with Crippen LogP contribution in [-0.4, -0.2) is 52.3 Å². The number of hydrogen-bond donors (Lipinski definition) is 0. The smallest absolute Gasteiger partial charge is 0.253 e. The van der Waals surface area contributed by atoms with Crippen molar-refractivity contribution < 1.29 is 9.59 Å². The van der Waals surface area contributed by atoms with Crippen LogP contribution in [-0.2, 0) is 4.79 Å². The van der Waals surface area contributed by atoms with E-state index in [1.165, 1.54) is 0 Å². The minimum Gasteiger partial charge on any atom is -0.338 e. The summed E-state index contributed by atoms with van der Waals surface area (Å²) in [6.45, 7) is 2.13. The molecule has 5 nitrogen and oxygen atoms in total. The number of amides is 2. The van der Waals surface area contributed by atoms with Gasteiger partial charge < -0.3 is 9.80 Å². The van der Waals surface area contributed by atoms with Gasteiger partial charge in [-0.25, -0.2) is 0 Å². The van der Waals surface area contributed by atoms with E-state index in [1.54, 1.807) is 36.7 Å². The van der Waals surface area contributed by atoms with Gasteiger partial charge in [-0.15, -0.1) is 0 Å². The van der Waals surface area contributed by atoms with Crippen LogP contribution in [0.1, 0.15) is 35.2 Å². The predicted octanol–water partition coefficient (Wildman–Crippen LogP) is 3.90. The lowest BCUT2D eigenvalue weighted by Gasteiger charge is -2.47. The Morgan fingerprint density at radius 3 is 2.66 bits per heavy atom. The van der Waals surface area contributed by atoms with E-state index in [0.717, 1.165) is 31.4 Å². The number of fused-ring (bicyclic) bond motifs is 1. The number of carbonyl (C=O) groups is 2. The number of benzene rings is 1. The van der Waals surface area contributed by atoms with Gasteiger partial charge in [-0.2, -0.15) is 0 Å².